The van der Waals surface area contributed by atoms with Crippen LogP contribution in [0, 0.1) is 0 Å². The summed E-state index contributed by atoms with van der Waals surface area (Å²) in [7, 11) is 0. The van der Waals surface area contributed by atoms with Crippen molar-refractivity contribution in [1.82, 2.24) is 5.32 Å². The van der Waals surface area contributed by atoms with E-state index in [0.717, 1.165) is 26.3 Å². The van der Waals surface area contributed by atoms with Gasteiger partial charge in [-0.05, 0) is 0 Å². The summed E-state index contributed by atoms with van der Waals surface area (Å²) in [6.07, 6.45) is 0. The highest BCUT2D eigenvalue weighted by molar-refractivity contribution is 4.49. The van der Waals surface area contributed by atoms with Gasteiger partial charge in [-0.25, -0.2) is 0 Å². The molecule has 0 saturated carbocycles. The van der Waals surface area contributed by atoms with Crippen LogP contribution in [0.25, 0.3) is 0 Å². The van der Waals surface area contributed by atoms with Crippen LogP contribution < -0.4 is 5.32 Å². The SMILES string of the molecule is C1COCCN1.OO. The molecule has 1 aliphatic heterocycles. The molecule has 0 aromatic heterocycles. The van der Waals surface area contributed by atoms with Crippen molar-refractivity contribution in [3.05, 3.63) is 0 Å². The van der Waals surface area contributed by atoms with E-state index in [0.29, 0.717) is 0 Å². The molecular formula is C4H11NO3. The number of rotatable bonds is 0. The van der Waals surface area contributed by atoms with E-state index < -0.39 is 0 Å². The van der Waals surface area contributed by atoms with Gasteiger partial charge in [0.2, 0.25) is 0 Å². The molecule has 1 fully saturated rings. The lowest BCUT2D eigenvalue weighted by atomic mass is 10.5. The molecular weight excluding hydrogens is 110 g/mol. The summed E-state index contributed by atoms with van der Waals surface area (Å²) >= 11 is 0. The second kappa shape index (κ2) is 6.84. The summed E-state index contributed by atoms with van der Waals surface area (Å²) in [5.74, 6) is 0. The topological polar surface area (TPSA) is 61.7 Å². The van der Waals surface area contributed by atoms with Crippen molar-refractivity contribution < 1.29 is 15.3 Å². The van der Waals surface area contributed by atoms with E-state index in [1.807, 2.05) is 0 Å². The number of nitrogens with one attached hydrogen (secondary N) is 1. The van der Waals surface area contributed by atoms with Gasteiger partial charge in [-0.2, -0.15) is 0 Å². The fourth-order valence-electron chi connectivity index (χ4n) is 0.516. The molecule has 50 valence electrons. The van der Waals surface area contributed by atoms with E-state index in [4.69, 9.17) is 15.3 Å². The Morgan fingerprint density at radius 3 is 1.75 bits per heavy atom. The molecule has 0 aromatic rings. The fraction of sp³-hybridized carbons (Fsp3) is 1.00. The molecule has 0 atom stereocenters. The molecule has 3 N–H and O–H groups in total. The van der Waals surface area contributed by atoms with Crippen LogP contribution in [-0.2, 0) is 4.74 Å². The third kappa shape index (κ3) is 4.01. The van der Waals surface area contributed by atoms with Gasteiger partial charge in [0.1, 0.15) is 0 Å². The quantitative estimate of drug-likeness (QED) is 0.302. The smallest absolute Gasteiger partial charge is 0.0591 e. The zero-order chi connectivity index (χ0) is 6.24. The van der Waals surface area contributed by atoms with Gasteiger partial charge in [0.15, 0.2) is 0 Å². The lowest BCUT2D eigenvalue weighted by molar-refractivity contribution is -0.176. The van der Waals surface area contributed by atoms with Crippen LogP contribution in [0.15, 0.2) is 0 Å². The second-order valence-corrected chi connectivity index (χ2v) is 1.36. The van der Waals surface area contributed by atoms with Gasteiger partial charge >= 0.3 is 0 Å². The minimum atomic E-state index is 0.889. The molecule has 1 rings (SSSR count). The maximum absolute atomic E-state index is 6.00. The lowest BCUT2D eigenvalue weighted by Gasteiger charge is -2.10. The van der Waals surface area contributed by atoms with Crippen molar-refractivity contribution in [2.24, 2.45) is 0 Å². The van der Waals surface area contributed by atoms with E-state index in [2.05, 4.69) is 5.32 Å². The van der Waals surface area contributed by atoms with Crippen LogP contribution in [0.4, 0.5) is 0 Å². The van der Waals surface area contributed by atoms with Crippen molar-refractivity contribution in [3.8, 4) is 0 Å². The summed E-state index contributed by atoms with van der Waals surface area (Å²) in [4.78, 5) is 0. The Kier molecular flexibility index (Phi) is 6.70. The summed E-state index contributed by atoms with van der Waals surface area (Å²) in [6.45, 7) is 3.83. The number of morpholine rings is 1. The second-order valence-electron chi connectivity index (χ2n) is 1.36. The van der Waals surface area contributed by atoms with Crippen LogP contribution >= 0.6 is 0 Å². The molecule has 0 amide bonds. The zero-order valence-corrected chi connectivity index (χ0v) is 4.63. The molecule has 0 aromatic carbocycles. The minimum absolute atomic E-state index is 0.889. The number of ether oxygens (including phenoxy) is 1. The fourth-order valence-corrected chi connectivity index (χ4v) is 0.516. The molecule has 1 aliphatic rings. The molecule has 1 heterocycles. The van der Waals surface area contributed by atoms with Gasteiger partial charge in [-0.15, -0.1) is 0 Å². The minimum Gasteiger partial charge on any atom is -0.379 e. The summed E-state index contributed by atoms with van der Waals surface area (Å²) in [5.41, 5.74) is 0. The van der Waals surface area contributed by atoms with E-state index in [9.17, 15) is 0 Å². The van der Waals surface area contributed by atoms with Crippen molar-refractivity contribution >= 4 is 0 Å². The van der Waals surface area contributed by atoms with Crippen molar-refractivity contribution in [2.75, 3.05) is 26.3 Å². The van der Waals surface area contributed by atoms with Gasteiger partial charge in [-0.3, -0.25) is 10.5 Å². The van der Waals surface area contributed by atoms with Crippen LogP contribution in [0.2, 0.25) is 0 Å². The van der Waals surface area contributed by atoms with Crippen LogP contribution in [0.5, 0.6) is 0 Å². The highest BCUT2D eigenvalue weighted by Gasteiger charge is 1.92. The lowest BCUT2D eigenvalue weighted by Crippen LogP contribution is -2.30. The number of hydrogen-bond acceptors (Lipinski definition) is 4. The Balaban J connectivity index is 0.000000222. The Hall–Kier alpha value is -0.160. The standard InChI is InChI=1S/C4H9NO.H2O2/c1-3-6-4-2-5-1;1-2/h5H,1-4H2;1-2H. The molecule has 1 saturated heterocycles. The normalized spacial score (nSPS) is 18.8. The predicted octanol–water partition coefficient (Wildman–Crippen LogP) is -0.376. The Morgan fingerprint density at radius 2 is 1.62 bits per heavy atom. The van der Waals surface area contributed by atoms with E-state index in [1.54, 1.807) is 0 Å². The molecule has 0 bridgehead atoms. The average Bonchev–Trinajstić information content (AvgIpc) is 1.96. The molecule has 0 aliphatic carbocycles. The van der Waals surface area contributed by atoms with Gasteiger partial charge < -0.3 is 10.1 Å². The van der Waals surface area contributed by atoms with E-state index in [-0.39, 0.29) is 0 Å². The highest BCUT2D eigenvalue weighted by atomic mass is 17.0. The largest absolute Gasteiger partial charge is 0.379 e. The van der Waals surface area contributed by atoms with Gasteiger partial charge in [0.25, 0.3) is 0 Å². The molecule has 0 spiro atoms. The maximum atomic E-state index is 6.00. The monoisotopic (exact) mass is 121 g/mol. The Morgan fingerprint density at radius 1 is 1.12 bits per heavy atom. The van der Waals surface area contributed by atoms with Crippen LogP contribution in [0.1, 0.15) is 0 Å². The average molecular weight is 121 g/mol. The number of hydrogen-bond donors (Lipinski definition) is 3. The molecule has 4 heteroatoms. The van der Waals surface area contributed by atoms with Crippen molar-refractivity contribution in [3.63, 3.8) is 0 Å². The third-order valence-electron chi connectivity index (χ3n) is 0.846. The summed E-state index contributed by atoms with van der Waals surface area (Å²) in [6, 6.07) is 0. The summed E-state index contributed by atoms with van der Waals surface area (Å²) < 4.78 is 5.01. The van der Waals surface area contributed by atoms with Gasteiger partial charge in [0.05, 0.1) is 13.2 Å². The first-order valence-corrected chi connectivity index (χ1v) is 2.48. The predicted molar refractivity (Wildman–Crippen MR) is 28.9 cm³/mol. The zero-order valence-electron chi connectivity index (χ0n) is 4.63. The van der Waals surface area contributed by atoms with Crippen molar-refractivity contribution in [1.29, 1.82) is 0 Å². The molecule has 0 radical (unpaired) electrons. The van der Waals surface area contributed by atoms with E-state index in [1.165, 1.54) is 0 Å². The molecule has 4 nitrogen and oxygen atoms in total. The molecule has 8 heavy (non-hydrogen) atoms. The first-order chi connectivity index (χ1) is 4.00. The van der Waals surface area contributed by atoms with Crippen molar-refractivity contribution in [2.45, 2.75) is 0 Å². The highest BCUT2D eigenvalue weighted by Crippen LogP contribution is 1.76. The summed E-state index contributed by atoms with van der Waals surface area (Å²) in [5, 5.41) is 15.2. The van der Waals surface area contributed by atoms with Gasteiger partial charge in [-0.1, -0.05) is 0 Å². The van der Waals surface area contributed by atoms with Crippen LogP contribution in [0.3, 0.4) is 0 Å². The first-order valence-electron chi connectivity index (χ1n) is 2.48. The third-order valence-corrected chi connectivity index (χ3v) is 0.846. The maximum Gasteiger partial charge on any atom is 0.0591 e. The first kappa shape index (κ1) is 7.84. The Bertz CT molecular complexity index is 26.8. The van der Waals surface area contributed by atoms with Gasteiger partial charge in [0, 0.05) is 13.1 Å². The van der Waals surface area contributed by atoms with Crippen LogP contribution in [-0.4, -0.2) is 36.8 Å². The van der Waals surface area contributed by atoms with E-state index >= 15 is 0 Å². The molecule has 0 unspecified atom stereocenters. The Labute approximate surface area is 48.0 Å².